The molecule has 2 heterocycles. The van der Waals surface area contributed by atoms with Gasteiger partial charge in [0.1, 0.15) is 18.2 Å². The van der Waals surface area contributed by atoms with E-state index in [1.165, 1.54) is 24.1 Å². The van der Waals surface area contributed by atoms with Gasteiger partial charge < -0.3 is 25.8 Å². The van der Waals surface area contributed by atoms with Gasteiger partial charge in [-0.25, -0.2) is 14.2 Å². The first kappa shape index (κ1) is 28.1. The lowest BCUT2D eigenvalue weighted by Gasteiger charge is -2.16. The topological polar surface area (TPSA) is 131 Å². The van der Waals surface area contributed by atoms with E-state index in [0.717, 1.165) is 16.7 Å². The summed E-state index contributed by atoms with van der Waals surface area (Å²) >= 11 is 0. The van der Waals surface area contributed by atoms with Crippen molar-refractivity contribution in [1.29, 1.82) is 0 Å². The average molecular weight is 569 g/mol. The van der Waals surface area contributed by atoms with E-state index in [9.17, 15) is 14.0 Å². The minimum Gasteiger partial charge on any atom is -0.494 e. The van der Waals surface area contributed by atoms with Crippen LogP contribution in [0.1, 0.15) is 18.4 Å². The van der Waals surface area contributed by atoms with Crippen LogP contribution in [0.3, 0.4) is 0 Å². The van der Waals surface area contributed by atoms with E-state index in [-0.39, 0.29) is 17.7 Å². The maximum atomic E-state index is 13.2. The molecule has 4 N–H and O–H groups in total. The van der Waals surface area contributed by atoms with Gasteiger partial charge in [-0.1, -0.05) is 24.3 Å². The number of ether oxygens (including phenoxy) is 2. The molecule has 10 nitrogen and oxygen atoms in total. The second-order valence-electron chi connectivity index (χ2n) is 9.52. The zero-order valence-corrected chi connectivity index (χ0v) is 23.0. The molecule has 0 saturated carbocycles. The van der Waals surface area contributed by atoms with Crippen LogP contribution in [0.2, 0.25) is 0 Å². The van der Waals surface area contributed by atoms with Crippen molar-refractivity contribution in [2.75, 3.05) is 35.8 Å². The molecule has 42 heavy (non-hydrogen) atoms. The SMILES string of the molecule is COc1cc(N2CCOC2=O)ccc1NC(N)=Nc1ccc(-c2ccc(NC(=O)C(C)c3ccc(F)cc3)cc2)cn1. The number of nitrogens with zero attached hydrogens (tertiary/aromatic N) is 3. The number of hydrogen-bond donors (Lipinski definition) is 3. The summed E-state index contributed by atoms with van der Waals surface area (Å²) in [5, 5.41) is 5.90. The smallest absolute Gasteiger partial charge is 0.414 e. The standard InChI is InChI=1S/C31H29FN6O4/c1-19(20-3-8-23(32)9-4-20)29(39)35-24-10-5-21(6-11-24)22-7-14-28(34-18-22)37-30(33)36-26-13-12-25(17-27(26)41-2)38-15-16-42-31(38)40/h3-14,17-19H,15-16H2,1-2H3,(H,35,39)(H3,33,34,36,37). The highest BCUT2D eigenvalue weighted by Gasteiger charge is 2.24. The molecule has 3 aromatic carbocycles. The van der Waals surface area contributed by atoms with E-state index in [1.807, 2.05) is 30.3 Å². The number of rotatable bonds is 8. The summed E-state index contributed by atoms with van der Waals surface area (Å²) in [6.45, 7) is 2.59. The molecule has 1 unspecified atom stereocenters. The number of nitrogens with two attached hydrogens (primary N) is 1. The van der Waals surface area contributed by atoms with Crippen LogP contribution < -0.4 is 26.0 Å². The van der Waals surface area contributed by atoms with E-state index < -0.39 is 12.0 Å². The Balaban J connectivity index is 1.21. The monoisotopic (exact) mass is 568 g/mol. The molecule has 1 saturated heterocycles. The number of methoxy groups -OCH3 is 1. The number of pyridine rings is 1. The number of hydrogen-bond acceptors (Lipinski definition) is 6. The summed E-state index contributed by atoms with van der Waals surface area (Å²) in [5.41, 5.74) is 10.5. The van der Waals surface area contributed by atoms with Gasteiger partial charge in [-0.15, -0.1) is 0 Å². The van der Waals surface area contributed by atoms with Gasteiger partial charge in [0, 0.05) is 23.5 Å². The number of cyclic esters (lactones) is 1. The van der Waals surface area contributed by atoms with Gasteiger partial charge in [0.2, 0.25) is 5.91 Å². The Morgan fingerprint density at radius 1 is 1.05 bits per heavy atom. The molecular formula is C31H29FN6O4. The lowest BCUT2D eigenvalue weighted by Crippen LogP contribution is -2.24. The molecule has 1 fully saturated rings. The Labute approximate surface area is 242 Å². The predicted octanol–water partition coefficient (Wildman–Crippen LogP) is 5.65. The summed E-state index contributed by atoms with van der Waals surface area (Å²) < 4.78 is 23.6. The van der Waals surface area contributed by atoms with Crippen molar-refractivity contribution in [3.63, 3.8) is 0 Å². The molecule has 0 bridgehead atoms. The highest BCUT2D eigenvalue weighted by Crippen LogP contribution is 2.31. The molecule has 5 rings (SSSR count). The third kappa shape index (κ3) is 6.47. The molecular weight excluding hydrogens is 539 g/mol. The van der Waals surface area contributed by atoms with Gasteiger partial charge in [-0.3, -0.25) is 9.69 Å². The number of guanidine groups is 1. The zero-order valence-electron chi connectivity index (χ0n) is 23.0. The molecule has 4 aromatic rings. The fourth-order valence-corrected chi connectivity index (χ4v) is 4.39. The number of benzene rings is 3. The Hall–Kier alpha value is -5.45. The number of carbonyl (C=O) groups excluding carboxylic acids is 2. The number of amides is 2. The predicted molar refractivity (Wildman–Crippen MR) is 160 cm³/mol. The molecule has 0 spiro atoms. The molecule has 1 aliphatic rings. The number of aliphatic imine (C=N–C) groups is 1. The molecule has 214 valence electrons. The van der Waals surface area contributed by atoms with Crippen molar-refractivity contribution in [3.8, 4) is 16.9 Å². The molecule has 0 radical (unpaired) electrons. The second kappa shape index (κ2) is 12.4. The molecule has 11 heteroatoms. The van der Waals surface area contributed by atoms with Crippen LogP contribution in [0.4, 0.5) is 32.1 Å². The Bertz CT molecular complexity index is 1610. The maximum Gasteiger partial charge on any atom is 0.414 e. The minimum absolute atomic E-state index is 0.108. The van der Waals surface area contributed by atoms with Crippen LogP contribution in [0.5, 0.6) is 5.75 Å². The van der Waals surface area contributed by atoms with Gasteiger partial charge in [0.15, 0.2) is 11.8 Å². The summed E-state index contributed by atoms with van der Waals surface area (Å²) in [6.07, 6.45) is 1.28. The lowest BCUT2D eigenvalue weighted by molar-refractivity contribution is -0.117. The summed E-state index contributed by atoms with van der Waals surface area (Å²) in [5.74, 6) is 0.0374. The second-order valence-corrected chi connectivity index (χ2v) is 9.52. The van der Waals surface area contributed by atoms with Crippen molar-refractivity contribution in [3.05, 3.63) is 96.4 Å². The van der Waals surface area contributed by atoms with Crippen molar-refractivity contribution in [2.45, 2.75) is 12.8 Å². The molecule has 1 aliphatic heterocycles. The Morgan fingerprint density at radius 2 is 1.79 bits per heavy atom. The van der Waals surface area contributed by atoms with Crippen LogP contribution in [-0.4, -0.2) is 43.2 Å². The first-order valence-electron chi connectivity index (χ1n) is 13.2. The van der Waals surface area contributed by atoms with E-state index in [4.69, 9.17) is 15.2 Å². The minimum atomic E-state index is -0.430. The average Bonchev–Trinajstić information content (AvgIpc) is 3.44. The van der Waals surface area contributed by atoms with Crippen LogP contribution >= 0.6 is 0 Å². The normalized spacial score (nSPS) is 13.8. The van der Waals surface area contributed by atoms with E-state index in [2.05, 4.69) is 20.6 Å². The number of aromatic nitrogens is 1. The largest absolute Gasteiger partial charge is 0.494 e. The van der Waals surface area contributed by atoms with E-state index in [1.54, 1.807) is 49.5 Å². The highest BCUT2D eigenvalue weighted by molar-refractivity contribution is 5.97. The number of halogens is 1. The van der Waals surface area contributed by atoms with E-state index >= 15 is 0 Å². The van der Waals surface area contributed by atoms with Gasteiger partial charge in [-0.2, -0.15) is 4.99 Å². The fourth-order valence-electron chi connectivity index (χ4n) is 4.39. The zero-order chi connectivity index (χ0) is 29.6. The number of nitrogens with one attached hydrogen (secondary N) is 2. The van der Waals surface area contributed by atoms with Gasteiger partial charge >= 0.3 is 6.09 Å². The van der Waals surface area contributed by atoms with Crippen molar-refractivity contribution in [1.82, 2.24) is 4.98 Å². The van der Waals surface area contributed by atoms with Crippen molar-refractivity contribution in [2.24, 2.45) is 10.7 Å². The third-order valence-electron chi connectivity index (χ3n) is 6.75. The number of carbonyl (C=O) groups is 2. The first-order valence-corrected chi connectivity index (χ1v) is 13.2. The van der Waals surface area contributed by atoms with Crippen molar-refractivity contribution < 1.29 is 23.5 Å². The Kier molecular flexibility index (Phi) is 8.28. The van der Waals surface area contributed by atoms with Gasteiger partial charge in [0.05, 0.1) is 30.9 Å². The highest BCUT2D eigenvalue weighted by atomic mass is 19.1. The molecule has 1 aromatic heterocycles. The fraction of sp³-hybridized carbons (Fsp3) is 0.161. The van der Waals surface area contributed by atoms with Crippen LogP contribution in [-0.2, 0) is 9.53 Å². The molecule has 1 atom stereocenters. The van der Waals surface area contributed by atoms with E-state index in [0.29, 0.717) is 41.8 Å². The van der Waals surface area contributed by atoms with Gasteiger partial charge in [0.25, 0.3) is 0 Å². The Morgan fingerprint density at radius 3 is 2.43 bits per heavy atom. The van der Waals surface area contributed by atoms with Crippen LogP contribution in [0.25, 0.3) is 11.1 Å². The van der Waals surface area contributed by atoms with Gasteiger partial charge in [-0.05, 0) is 66.6 Å². The summed E-state index contributed by atoms with van der Waals surface area (Å²) in [6, 6.07) is 22.1. The molecule has 2 amide bonds. The maximum absolute atomic E-state index is 13.2. The number of anilines is 3. The molecule has 0 aliphatic carbocycles. The summed E-state index contributed by atoms with van der Waals surface area (Å²) in [7, 11) is 1.52. The lowest BCUT2D eigenvalue weighted by atomic mass is 10.00. The van der Waals surface area contributed by atoms with Crippen LogP contribution in [0, 0.1) is 5.82 Å². The van der Waals surface area contributed by atoms with Crippen LogP contribution in [0.15, 0.2) is 90.1 Å². The van der Waals surface area contributed by atoms with Crippen molar-refractivity contribution >= 4 is 40.8 Å². The summed E-state index contributed by atoms with van der Waals surface area (Å²) in [4.78, 5) is 34.8. The third-order valence-corrected chi connectivity index (χ3v) is 6.75. The first-order chi connectivity index (χ1) is 20.3. The quantitative estimate of drug-likeness (QED) is 0.185.